The molecule has 0 atom stereocenters. The van der Waals surface area contributed by atoms with Crippen molar-refractivity contribution in [2.45, 2.75) is 33.1 Å². The Bertz CT molecular complexity index is 766. The number of hydrogen-bond donors (Lipinski definition) is 2. The third-order valence-corrected chi connectivity index (χ3v) is 4.17. The van der Waals surface area contributed by atoms with Crippen LogP contribution >= 0.6 is 12.2 Å². The van der Waals surface area contributed by atoms with Gasteiger partial charge >= 0.3 is 0 Å². The van der Waals surface area contributed by atoms with Gasteiger partial charge in [-0.3, -0.25) is 5.43 Å². The van der Waals surface area contributed by atoms with E-state index in [4.69, 9.17) is 21.7 Å². The summed E-state index contributed by atoms with van der Waals surface area (Å²) in [6.07, 6.45) is 1.71. The first-order valence-electron chi connectivity index (χ1n) is 9.41. The highest BCUT2D eigenvalue weighted by Gasteiger charge is 2.12. The normalized spacial score (nSPS) is 11.3. The lowest BCUT2D eigenvalue weighted by molar-refractivity contribution is 0.217. The van der Waals surface area contributed by atoms with Crippen LogP contribution in [0, 0.1) is 0 Å². The minimum atomic E-state index is 0.146. The molecule has 150 valence electrons. The van der Waals surface area contributed by atoms with Crippen LogP contribution in [-0.4, -0.2) is 31.1 Å². The summed E-state index contributed by atoms with van der Waals surface area (Å²) in [5, 5.41) is 7.55. The molecule has 0 fully saturated rings. The summed E-state index contributed by atoms with van der Waals surface area (Å²) in [7, 11) is 0. The number of hydrogen-bond acceptors (Lipinski definition) is 4. The molecule has 0 aliphatic rings. The van der Waals surface area contributed by atoms with Gasteiger partial charge in [-0.05, 0) is 72.1 Å². The van der Waals surface area contributed by atoms with Gasteiger partial charge < -0.3 is 14.8 Å². The monoisotopic (exact) mass is 399 g/mol. The quantitative estimate of drug-likeness (QED) is 0.301. The number of hydrazone groups is 1. The molecule has 2 N–H and O–H groups in total. The van der Waals surface area contributed by atoms with Gasteiger partial charge in [0.05, 0.1) is 6.21 Å². The standard InChI is InChI=1S/C22H29N3O2S/c1-5-23-21(28)25-24-16-17-6-10-19(11-7-17)26-14-15-27-20-12-8-18(9-13-20)22(2,3)4/h6-13,16H,5,14-15H2,1-4H3,(H2,23,25,28)/b24-16+. The molecule has 0 amide bonds. The predicted molar refractivity (Wildman–Crippen MR) is 120 cm³/mol. The van der Waals surface area contributed by atoms with Crippen molar-refractivity contribution in [1.29, 1.82) is 0 Å². The first-order valence-corrected chi connectivity index (χ1v) is 9.82. The zero-order valence-corrected chi connectivity index (χ0v) is 17.8. The average Bonchev–Trinajstić information content (AvgIpc) is 2.66. The number of benzene rings is 2. The summed E-state index contributed by atoms with van der Waals surface area (Å²) in [6, 6.07) is 15.9. The van der Waals surface area contributed by atoms with Crippen LogP contribution in [-0.2, 0) is 5.41 Å². The molecule has 0 spiro atoms. The third kappa shape index (κ3) is 7.56. The first kappa shape index (κ1) is 21.7. The van der Waals surface area contributed by atoms with Crippen LogP contribution in [0.4, 0.5) is 0 Å². The highest BCUT2D eigenvalue weighted by molar-refractivity contribution is 7.80. The topological polar surface area (TPSA) is 54.9 Å². The molecular formula is C22H29N3O2S. The van der Waals surface area contributed by atoms with E-state index >= 15 is 0 Å². The summed E-state index contributed by atoms with van der Waals surface area (Å²) < 4.78 is 11.5. The summed E-state index contributed by atoms with van der Waals surface area (Å²) in [5.74, 6) is 1.64. The largest absolute Gasteiger partial charge is 0.490 e. The van der Waals surface area contributed by atoms with Gasteiger partial charge in [0, 0.05) is 6.54 Å². The Balaban J connectivity index is 1.72. The lowest BCUT2D eigenvalue weighted by Gasteiger charge is -2.19. The van der Waals surface area contributed by atoms with Crippen molar-refractivity contribution in [1.82, 2.24) is 10.7 Å². The first-order chi connectivity index (χ1) is 13.4. The smallest absolute Gasteiger partial charge is 0.186 e. The van der Waals surface area contributed by atoms with Crippen molar-refractivity contribution >= 4 is 23.5 Å². The van der Waals surface area contributed by atoms with E-state index in [2.05, 4.69) is 48.7 Å². The second-order valence-electron chi connectivity index (χ2n) is 7.27. The number of rotatable bonds is 8. The summed E-state index contributed by atoms with van der Waals surface area (Å²) in [6.45, 7) is 10.3. The maximum atomic E-state index is 5.74. The maximum Gasteiger partial charge on any atom is 0.186 e. The van der Waals surface area contributed by atoms with Crippen molar-refractivity contribution in [3.05, 3.63) is 59.7 Å². The van der Waals surface area contributed by atoms with Crippen LogP contribution in [0.1, 0.15) is 38.8 Å². The van der Waals surface area contributed by atoms with E-state index in [0.29, 0.717) is 18.3 Å². The molecule has 2 rings (SSSR count). The third-order valence-electron chi connectivity index (χ3n) is 3.94. The molecule has 2 aromatic carbocycles. The van der Waals surface area contributed by atoms with Crippen molar-refractivity contribution in [2.75, 3.05) is 19.8 Å². The molecule has 0 aliphatic carbocycles. The van der Waals surface area contributed by atoms with Crippen LogP contribution in [0.3, 0.4) is 0 Å². The fourth-order valence-corrected chi connectivity index (χ4v) is 2.58. The second-order valence-corrected chi connectivity index (χ2v) is 7.68. The van der Waals surface area contributed by atoms with Gasteiger partial charge in [0.25, 0.3) is 0 Å². The highest BCUT2D eigenvalue weighted by Crippen LogP contribution is 2.24. The molecule has 0 saturated heterocycles. The minimum absolute atomic E-state index is 0.146. The Morgan fingerprint density at radius 2 is 1.50 bits per heavy atom. The molecule has 0 saturated carbocycles. The van der Waals surface area contributed by atoms with Gasteiger partial charge in [-0.1, -0.05) is 32.9 Å². The van der Waals surface area contributed by atoms with E-state index in [-0.39, 0.29) is 5.41 Å². The van der Waals surface area contributed by atoms with Crippen LogP contribution in [0.2, 0.25) is 0 Å². The van der Waals surface area contributed by atoms with E-state index in [9.17, 15) is 0 Å². The number of thiocarbonyl (C=S) groups is 1. The maximum absolute atomic E-state index is 5.74. The van der Waals surface area contributed by atoms with E-state index in [1.54, 1.807) is 6.21 Å². The molecule has 0 bridgehead atoms. The molecule has 6 heteroatoms. The van der Waals surface area contributed by atoms with Gasteiger partial charge in [0.15, 0.2) is 5.11 Å². The highest BCUT2D eigenvalue weighted by atomic mass is 32.1. The van der Waals surface area contributed by atoms with Gasteiger partial charge in [-0.15, -0.1) is 0 Å². The van der Waals surface area contributed by atoms with Gasteiger partial charge in [0.2, 0.25) is 0 Å². The van der Waals surface area contributed by atoms with E-state index in [1.165, 1.54) is 5.56 Å². The van der Waals surface area contributed by atoms with Gasteiger partial charge in [-0.25, -0.2) is 0 Å². The molecule has 0 aromatic heterocycles. The predicted octanol–water partition coefficient (Wildman–Crippen LogP) is 4.26. The minimum Gasteiger partial charge on any atom is -0.490 e. The Morgan fingerprint density at radius 1 is 0.964 bits per heavy atom. The molecular weight excluding hydrogens is 370 g/mol. The number of nitrogens with one attached hydrogen (secondary N) is 2. The molecule has 0 radical (unpaired) electrons. The Kier molecular flexibility index (Phi) is 8.26. The van der Waals surface area contributed by atoms with Crippen molar-refractivity contribution < 1.29 is 9.47 Å². The zero-order chi connectivity index (χ0) is 20.4. The van der Waals surface area contributed by atoms with Crippen molar-refractivity contribution in [3.8, 4) is 11.5 Å². The molecule has 0 unspecified atom stereocenters. The SMILES string of the molecule is CCNC(=S)N/N=C/c1ccc(OCCOc2ccc(C(C)(C)C)cc2)cc1. The van der Waals surface area contributed by atoms with Gasteiger partial charge in [-0.2, -0.15) is 5.10 Å². The zero-order valence-electron chi connectivity index (χ0n) is 17.0. The van der Waals surface area contributed by atoms with Crippen LogP contribution in [0.25, 0.3) is 0 Å². The van der Waals surface area contributed by atoms with E-state index in [1.807, 2.05) is 43.3 Å². The van der Waals surface area contributed by atoms with Crippen molar-refractivity contribution in [3.63, 3.8) is 0 Å². The Hall–Kier alpha value is -2.60. The fourth-order valence-electron chi connectivity index (χ4n) is 2.39. The van der Waals surface area contributed by atoms with Crippen LogP contribution in [0.15, 0.2) is 53.6 Å². The molecule has 0 aliphatic heterocycles. The lowest BCUT2D eigenvalue weighted by atomic mass is 9.87. The van der Waals surface area contributed by atoms with Gasteiger partial charge in [0.1, 0.15) is 24.7 Å². The van der Waals surface area contributed by atoms with Crippen LogP contribution < -0.4 is 20.2 Å². The van der Waals surface area contributed by atoms with Crippen LogP contribution in [0.5, 0.6) is 11.5 Å². The molecule has 5 nitrogen and oxygen atoms in total. The molecule has 28 heavy (non-hydrogen) atoms. The number of ether oxygens (including phenoxy) is 2. The molecule has 2 aromatic rings. The van der Waals surface area contributed by atoms with E-state index in [0.717, 1.165) is 23.6 Å². The molecule has 0 heterocycles. The summed E-state index contributed by atoms with van der Waals surface area (Å²) in [5.41, 5.74) is 5.15. The second kappa shape index (κ2) is 10.7. The fraction of sp³-hybridized carbons (Fsp3) is 0.364. The number of nitrogens with zero attached hydrogens (tertiary/aromatic N) is 1. The summed E-state index contributed by atoms with van der Waals surface area (Å²) in [4.78, 5) is 0. The Labute approximate surface area is 173 Å². The lowest BCUT2D eigenvalue weighted by Crippen LogP contribution is -2.31. The van der Waals surface area contributed by atoms with E-state index < -0.39 is 0 Å². The summed E-state index contributed by atoms with van der Waals surface area (Å²) >= 11 is 5.04. The average molecular weight is 400 g/mol. The Morgan fingerprint density at radius 3 is 2.00 bits per heavy atom. The van der Waals surface area contributed by atoms with Crippen molar-refractivity contribution in [2.24, 2.45) is 5.10 Å².